The fourth-order valence-electron chi connectivity index (χ4n) is 2.01. The molecule has 0 aliphatic rings. The second kappa shape index (κ2) is 8.00. The van der Waals surface area contributed by atoms with Gasteiger partial charge >= 0.3 is 0 Å². The van der Waals surface area contributed by atoms with Crippen LogP contribution >= 0.6 is 11.6 Å². The van der Waals surface area contributed by atoms with Gasteiger partial charge < -0.3 is 4.57 Å². The zero-order valence-corrected chi connectivity index (χ0v) is 13.0. The van der Waals surface area contributed by atoms with Crippen molar-refractivity contribution in [2.45, 2.75) is 6.54 Å². The van der Waals surface area contributed by atoms with Crippen molar-refractivity contribution < 1.29 is 0 Å². The summed E-state index contributed by atoms with van der Waals surface area (Å²) < 4.78 is 1.57. The molecule has 1 aromatic carbocycles. The molecule has 0 saturated carbocycles. The number of nitrogens with zero attached hydrogens (tertiary/aromatic N) is 3. The summed E-state index contributed by atoms with van der Waals surface area (Å²) >= 11 is 6.04. The van der Waals surface area contributed by atoms with Crippen LogP contribution in [0.3, 0.4) is 0 Å². The van der Waals surface area contributed by atoms with Crippen LogP contribution in [0.1, 0.15) is 5.56 Å². The van der Waals surface area contributed by atoms with Gasteiger partial charge in [0.15, 0.2) is 5.69 Å². The summed E-state index contributed by atoms with van der Waals surface area (Å²) in [5, 5.41) is 2.71. The molecule has 0 bridgehead atoms. The lowest BCUT2D eigenvalue weighted by atomic mass is 10.1. The number of halogens is 1. The number of nitroso groups, excluding NO2 is 1. The SMILES string of the molecule is C=N/C=C\C(=C/Cn1ccc(=O)c(N=O)c1Cl)c1ccccc1. The summed E-state index contributed by atoms with van der Waals surface area (Å²) in [6.07, 6.45) is 6.83. The van der Waals surface area contributed by atoms with Crippen LogP contribution in [0.15, 0.2) is 75.9 Å². The molecule has 5 nitrogen and oxygen atoms in total. The molecule has 2 aromatic rings. The average molecular weight is 328 g/mol. The average Bonchev–Trinajstić information content (AvgIpc) is 2.58. The van der Waals surface area contributed by atoms with E-state index in [1.165, 1.54) is 12.3 Å². The quantitative estimate of drug-likeness (QED) is 0.345. The zero-order chi connectivity index (χ0) is 16.7. The molecule has 0 aliphatic carbocycles. The van der Waals surface area contributed by atoms with Crippen LogP contribution < -0.4 is 5.43 Å². The van der Waals surface area contributed by atoms with Crippen LogP contribution in [-0.4, -0.2) is 11.3 Å². The van der Waals surface area contributed by atoms with Gasteiger partial charge in [0.1, 0.15) is 5.15 Å². The second-order valence-corrected chi connectivity index (χ2v) is 4.94. The maximum atomic E-state index is 11.5. The van der Waals surface area contributed by atoms with E-state index in [-0.39, 0.29) is 10.8 Å². The highest BCUT2D eigenvalue weighted by Gasteiger charge is 2.09. The van der Waals surface area contributed by atoms with E-state index in [4.69, 9.17) is 11.6 Å². The molecular weight excluding hydrogens is 314 g/mol. The Kier molecular flexibility index (Phi) is 5.77. The van der Waals surface area contributed by atoms with Crippen molar-refractivity contribution >= 4 is 29.6 Å². The summed E-state index contributed by atoms with van der Waals surface area (Å²) in [4.78, 5) is 25.9. The van der Waals surface area contributed by atoms with Crippen molar-refractivity contribution in [2.75, 3.05) is 0 Å². The van der Waals surface area contributed by atoms with Gasteiger partial charge in [0.25, 0.3) is 0 Å². The monoisotopic (exact) mass is 327 g/mol. The highest BCUT2D eigenvalue weighted by Crippen LogP contribution is 2.21. The summed E-state index contributed by atoms with van der Waals surface area (Å²) in [5.74, 6) is 0. The van der Waals surface area contributed by atoms with Gasteiger partial charge in [-0.1, -0.05) is 48.0 Å². The van der Waals surface area contributed by atoms with Gasteiger partial charge in [-0.05, 0) is 29.1 Å². The lowest BCUT2D eigenvalue weighted by molar-refractivity contribution is 0.813. The third-order valence-corrected chi connectivity index (χ3v) is 3.55. The van der Waals surface area contributed by atoms with E-state index >= 15 is 0 Å². The van der Waals surface area contributed by atoms with Crippen LogP contribution in [0.4, 0.5) is 5.69 Å². The number of rotatable bonds is 6. The molecule has 116 valence electrons. The summed E-state index contributed by atoms with van der Waals surface area (Å²) in [5.41, 5.74) is 1.13. The maximum Gasteiger partial charge on any atom is 0.212 e. The van der Waals surface area contributed by atoms with Crippen molar-refractivity contribution in [3.8, 4) is 0 Å². The number of aliphatic imine (C=N–C) groups is 1. The highest BCUT2D eigenvalue weighted by molar-refractivity contribution is 6.31. The van der Waals surface area contributed by atoms with Gasteiger partial charge in [0.2, 0.25) is 5.43 Å². The second-order valence-electron chi connectivity index (χ2n) is 4.59. The number of hydrogen-bond donors (Lipinski definition) is 0. The summed E-state index contributed by atoms with van der Waals surface area (Å²) in [6, 6.07) is 11.0. The fraction of sp³-hybridized carbons (Fsp3) is 0.0588. The van der Waals surface area contributed by atoms with E-state index in [1.54, 1.807) is 10.8 Å². The van der Waals surface area contributed by atoms with Gasteiger partial charge in [0, 0.05) is 25.0 Å². The van der Waals surface area contributed by atoms with E-state index in [1.807, 2.05) is 42.5 Å². The van der Waals surface area contributed by atoms with Gasteiger partial charge in [0.05, 0.1) is 0 Å². The number of benzene rings is 1. The first-order chi connectivity index (χ1) is 11.2. The van der Waals surface area contributed by atoms with Crippen LogP contribution in [0, 0.1) is 4.91 Å². The number of allylic oxidation sites excluding steroid dienone is 3. The highest BCUT2D eigenvalue weighted by atomic mass is 35.5. The van der Waals surface area contributed by atoms with Gasteiger partial charge in [-0.25, -0.2) is 0 Å². The molecule has 6 heteroatoms. The molecule has 0 fully saturated rings. The van der Waals surface area contributed by atoms with Crippen molar-refractivity contribution in [3.63, 3.8) is 0 Å². The van der Waals surface area contributed by atoms with Crippen molar-refractivity contribution in [1.29, 1.82) is 0 Å². The molecule has 0 atom stereocenters. The minimum atomic E-state index is -0.496. The summed E-state index contributed by atoms with van der Waals surface area (Å²) in [6.45, 7) is 3.79. The molecule has 0 N–H and O–H groups in total. The Balaban J connectivity index is 2.38. The Bertz CT molecular complexity index is 823. The van der Waals surface area contributed by atoms with Crippen molar-refractivity contribution in [3.05, 3.63) is 86.8 Å². The first-order valence-electron chi connectivity index (χ1n) is 6.77. The molecule has 2 rings (SSSR count). The minimum absolute atomic E-state index is 0.0157. The topological polar surface area (TPSA) is 63.8 Å². The van der Waals surface area contributed by atoms with Crippen LogP contribution in [0.5, 0.6) is 0 Å². The molecule has 23 heavy (non-hydrogen) atoms. The first kappa shape index (κ1) is 16.6. The van der Waals surface area contributed by atoms with Crippen LogP contribution in [-0.2, 0) is 6.54 Å². The number of hydrogen-bond acceptors (Lipinski definition) is 4. The van der Waals surface area contributed by atoms with E-state index in [9.17, 15) is 9.70 Å². The third-order valence-electron chi connectivity index (χ3n) is 3.15. The van der Waals surface area contributed by atoms with E-state index in [0.717, 1.165) is 11.1 Å². The minimum Gasteiger partial charge on any atom is -0.333 e. The fourth-order valence-corrected chi connectivity index (χ4v) is 2.26. The van der Waals surface area contributed by atoms with E-state index in [0.29, 0.717) is 6.54 Å². The lowest BCUT2D eigenvalue weighted by Crippen LogP contribution is -2.07. The standard InChI is InChI=1S/C17H14ClN3O2/c1-19-10-7-14(13-5-3-2-4-6-13)8-11-21-12-9-15(22)16(20-23)17(21)18/h2-10,12H,1,11H2/b10-7-,14-8+. The van der Waals surface area contributed by atoms with Crippen LogP contribution in [0.25, 0.3) is 5.57 Å². The first-order valence-corrected chi connectivity index (χ1v) is 7.15. The van der Waals surface area contributed by atoms with Gasteiger partial charge in [-0.15, -0.1) is 4.91 Å². The molecule has 1 aromatic heterocycles. The molecule has 1 heterocycles. The van der Waals surface area contributed by atoms with E-state index in [2.05, 4.69) is 16.9 Å². The lowest BCUT2D eigenvalue weighted by Gasteiger charge is -2.08. The Morgan fingerprint density at radius 2 is 2.00 bits per heavy atom. The largest absolute Gasteiger partial charge is 0.333 e. The van der Waals surface area contributed by atoms with Crippen molar-refractivity contribution in [1.82, 2.24) is 4.57 Å². The normalized spacial score (nSPS) is 11.6. The molecule has 0 aliphatic heterocycles. The third kappa shape index (κ3) is 4.11. The predicted octanol–water partition coefficient (Wildman–Crippen LogP) is 4.20. The Hall–Kier alpha value is -2.79. The van der Waals surface area contributed by atoms with Gasteiger partial charge in [-0.2, -0.15) is 0 Å². The number of pyridine rings is 1. The molecule has 0 amide bonds. The Labute approximate surface area is 138 Å². The zero-order valence-electron chi connectivity index (χ0n) is 12.2. The Morgan fingerprint density at radius 1 is 1.26 bits per heavy atom. The predicted molar refractivity (Wildman–Crippen MR) is 94.3 cm³/mol. The van der Waals surface area contributed by atoms with E-state index < -0.39 is 5.43 Å². The van der Waals surface area contributed by atoms with Crippen LogP contribution in [0.2, 0.25) is 5.15 Å². The van der Waals surface area contributed by atoms with Gasteiger partial charge in [-0.3, -0.25) is 9.79 Å². The summed E-state index contributed by atoms with van der Waals surface area (Å²) in [7, 11) is 0. The molecule has 0 radical (unpaired) electrons. The molecule has 0 saturated heterocycles. The smallest absolute Gasteiger partial charge is 0.212 e. The van der Waals surface area contributed by atoms with Crippen molar-refractivity contribution in [2.24, 2.45) is 10.2 Å². The molecule has 0 unspecified atom stereocenters. The Morgan fingerprint density at radius 3 is 2.65 bits per heavy atom. The maximum absolute atomic E-state index is 11.5. The number of aromatic nitrogens is 1. The molecular formula is C17H14ClN3O2. The molecule has 0 spiro atoms.